The van der Waals surface area contributed by atoms with Crippen molar-refractivity contribution in [3.8, 4) is 0 Å². The molecule has 0 aromatic heterocycles. The van der Waals surface area contributed by atoms with Crippen LogP contribution in [0.15, 0.2) is 52.4 Å². The second-order valence-corrected chi connectivity index (χ2v) is 10.6. The molecule has 1 fully saturated rings. The summed E-state index contributed by atoms with van der Waals surface area (Å²) in [5, 5.41) is 1.38. The summed E-state index contributed by atoms with van der Waals surface area (Å²) >= 11 is 8.14. The van der Waals surface area contributed by atoms with E-state index in [-0.39, 0.29) is 11.4 Å². The summed E-state index contributed by atoms with van der Waals surface area (Å²) in [7, 11) is 2.13. The first-order valence-electron chi connectivity index (χ1n) is 11.1. The number of halogens is 1. The second kappa shape index (κ2) is 8.95. The van der Waals surface area contributed by atoms with Gasteiger partial charge in [-0.1, -0.05) is 43.6 Å². The zero-order valence-electron chi connectivity index (χ0n) is 19.4. The predicted octanol–water partition coefficient (Wildman–Crippen LogP) is 7.08. The minimum atomic E-state index is -0.00776. The van der Waals surface area contributed by atoms with Gasteiger partial charge in [-0.15, -0.1) is 0 Å². The zero-order valence-corrected chi connectivity index (χ0v) is 20.9. The summed E-state index contributed by atoms with van der Waals surface area (Å²) in [6, 6.07) is 14.0. The number of carbonyl (C=O) groups excluding carboxylic acids is 1. The van der Waals surface area contributed by atoms with Crippen LogP contribution in [0.2, 0.25) is 5.02 Å². The fraction of sp³-hybridized carbons (Fsp3) is 0.385. The molecule has 4 nitrogen and oxygen atoms in total. The van der Waals surface area contributed by atoms with Gasteiger partial charge in [0.25, 0.3) is 5.91 Å². The van der Waals surface area contributed by atoms with Gasteiger partial charge in [0.15, 0.2) is 5.17 Å². The summed E-state index contributed by atoms with van der Waals surface area (Å²) in [6.45, 7) is 9.50. The Morgan fingerprint density at radius 2 is 1.97 bits per heavy atom. The Kier molecular flexibility index (Phi) is 6.42. The largest absolute Gasteiger partial charge is 0.369 e. The first-order valence-corrected chi connectivity index (χ1v) is 12.3. The van der Waals surface area contributed by atoms with Gasteiger partial charge in [-0.2, -0.15) is 0 Å². The van der Waals surface area contributed by atoms with E-state index < -0.39 is 0 Å². The topological polar surface area (TPSA) is 35.9 Å². The molecule has 0 unspecified atom stereocenters. The highest BCUT2D eigenvalue weighted by molar-refractivity contribution is 8.18. The SMILES string of the molecule is CCCN1C(=O)/C(=C/c2cc3c(cc2Cl)N(C)C(C)(C)C[C@@H]3C)SC1=Nc1ccccc1. The van der Waals surface area contributed by atoms with Crippen LogP contribution in [0, 0.1) is 0 Å². The second-order valence-electron chi connectivity index (χ2n) is 9.21. The van der Waals surface area contributed by atoms with Gasteiger partial charge in [0.05, 0.1) is 10.6 Å². The van der Waals surface area contributed by atoms with Crippen molar-refractivity contribution in [2.45, 2.75) is 52.0 Å². The van der Waals surface area contributed by atoms with E-state index in [1.165, 1.54) is 23.0 Å². The summed E-state index contributed by atoms with van der Waals surface area (Å²) in [5.74, 6) is 0.413. The van der Waals surface area contributed by atoms with E-state index in [4.69, 9.17) is 16.6 Å². The first kappa shape index (κ1) is 22.9. The lowest BCUT2D eigenvalue weighted by molar-refractivity contribution is -0.122. The molecule has 2 aromatic carbocycles. The minimum absolute atomic E-state index is 0.00776. The molecule has 0 N–H and O–H groups in total. The molecular formula is C26H30ClN3OS. The fourth-order valence-electron chi connectivity index (χ4n) is 4.48. The molecule has 0 spiro atoms. The van der Waals surface area contributed by atoms with Crippen molar-refractivity contribution in [3.63, 3.8) is 0 Å². The molecule has 4 rings (SSSR count). The molecule has 0 bridgehead atoms. The normalized spacial score (nSPS) is 22.7. The third-order valence-electron chi connectivity index (χ3n) is 6.35. The van der Waals surface area contributed by atoms with Crippen molar-refractivity contribution in [1.82, 2.24) is 4.90 Å². The number of para-hydroxylation sites is 1. The molecule has 1 atom stereocenters. The summed E-state index contributed by atoms with van der Waals surface area (Å²) in [5.41, 5.74) is 4.26. The van der Waals surface area contributed by atoms with Crippen LogP contribution in [-0.2, 0) is 4.79 Å². The molecule has 2 aromatic rings. The maximum Gasteiger partial charge on any atom is 0.266 e. The van der Waals surface area contributed by atoms with Crippen LogP contribution in [0.25, 0.3) is 6.08 Å². The highest BCUT2D eigenvalue weighted by Crippen LogP contribution is 2.45. The standard InChI is InChI=1S/C26H30ClN3OS/c1-6-12-30-24(31)23(32-25(30)28-19-10-8-7-9-11-19)14-18-13-20-17(2)16-26(3,4)29(5)22(20)15-21(18)27/h7-11,13-15,17H,6,12,16H2,1-5H3/b23-14-,28-25?/t17-/m0/s1. The number of hydrogen-bond donors (Lipinski definition) is 0. The van der Waals surface area contributed by atoms with Crippen molar-refractivity contribution in [2.75, 3.05) is 18.5 Å². The molecule has 2 aliphatic rings. The van der Waals surface area contributed by atoms with E-state index in [0.29, 0.717) is 22.4 Å². The van der Waals surface area contributed by atoms with Crippen LogP contribution in [0.5, 0.6) is 0 Å². The van der Waals surface area contributed by atoms with Crippen molar-refractivity contribution in [2.24, 2.45) is 4.99 Å². The monoisotopic (exact) mass is 467 g/mol. The predicted molar refractivity (Wildman–Crippen MR) is 138 cm³/mol. The molecule has 2 heterocycles. The Morgan fingerprint density at radius 1 is 1.25 bits per heavy atom. The Balaban J connectivity index is 1.72. The lowest BCUT2D eigenvalue weighted by atomic mass is 9.80. The van der Waals surface area contributed by atoms with Crippen LogP contribution in [0.1, 0.15) is 57.6 Å². The third kappa shape index (κ3) is 4.33. The lowest BCUT2D eigenvalue weighted by Crippen LogP contribution is -2.45. The van der Waals surface area contributed by atoms with Gasteiger partial charge in [-0.3, -0.25) is 9.69 Å². The summed E-state index contributed by atoms with van der Waals surface area (Å²) in [6.07, 6.45) is 3.87. The Hall–Kier alpha value is -2.24. The van der Waals surface area contributed by atoms with E-state index in [0.717, 1.165) is 29.3 Å². The lowest BCUT2D eigenvalue weighted by Gasteiger charge is -2.45. The maximum atomic E-state index is 13.2. The van der Waals surface area contributed by atoms with Crippen molar-refractivity contribution in [1.29, 1.82) is 0 Å². The number of amidine groups is 1. The van der Waals surface area contributed by atoms with Gasteiger partial charge in [-0.05, 0) is 85.8 Å². The van der Waals surface area contributed by atoms with Crippen LogP contribution < -0.4 is 4.90 Å². The Morgan fingerprint density at radius 3 is 2.66 bits per heavy atom. The number of hydrogen-bond acceptors (Lipinski definition) is 4. The molecule has 0 saturated carbocycles. The molecule has 6 heteroatoms. The Bertz CT molecular complexity index is 1090. The summed E-state index contributed by atoms with van der Waals surface area (Å²) in [4.78, 5) is 22.7. The number of nitrogens with zero attached hydrogens (tertiary/aromatic N) is 3. The Labute approximate surface area is 200 Å². The first-order chi connectivity index (χ1) is 15.2. The number of rotatable bonds is 4. The molecule has 32 heavy (non-hydrogen) atoms. The fourth-order valence-corrected chi connectivity index (χ4v) is 5.71. The smallest absolute Gasteiger partial charge is 0.266 e. The minimum Gasteiger partial charge on any atom is -0.369 e. The average molecular weight is 468 g/mol. The molecule has 2 aliphatic heterocycles. The quantitative estimate of drug-likeness (QED) is 0.451. The molecule has 0 radical (unpaired) electrons. The number of amides is 1. The van der Waals surface area contributed by atoms with Crippen LogP contribution in [0.3, 0.4) is 0 Å². The molecule has 1 amide bonds. The zero-order chi connectivity index (χ0) is 23.0. The van der Waals surface area contributed by atoms with E-state index in [9.17, 15) is 4.79 Å². The number of carbonyl (C=O) groups is 1. The van der Waals surface area contributed by atoms with Crippen LogP contribution >= 0.6 is 23.4 Å². The van der Waals surface area contributed by atoms with Gasteiger partial charge >= 0.3 is 0 Å². The van der Waals surface area contributed by atoms with Gasteiger partial charge in [-0.25, -0.2) is 4.99 Å². The van der Waals surface area contributed by atoms with Crippen LogP contribution in [-0.4, -0.2) is 35.1 Å². The molecule has 1 saturated heterocycles. The van der Waals surface area contributed by atoms with Gasteiger partial charge in [0, 0.05) is 29.8 Å². The van der Waals surface area contributed by atoms with Crippen molar-refractivity contribution >= 4 is 51.9 Å². The van der Waals surface area contributed by atoms with E-state index in [1.54, 1.807) is 4.90 Å². The number of thioether (sulfide) groups is 1. The van der Waals surface area contributed by atoms with Crippen molar-refractivity contribution < 1.29 is 4.79 Å². The average Bonchev–Trinajstić information content (AvgIpc) is 3.03. The number of fused-ring (bicyclic) bond motifs is 1. The van der Waals surface area contributed by atoms with Crippen LogP contribution in [0.4, 0.5) is 11.4 Å². The maximum absolute atomic E-state index is 13.2. The van der Waals surface area contributed by atoms with Gasteiger partial charge < -0.3 is 4.90 Å². The number of benzene rings is 2. The number of aliphatic imine (C=N–C) groups is 1. The van der Waals surface area contributed by atoms with Crippen molar-refractivity contribution in [3.05, 3.63) is 63.5 Å². The number of anilines is 1. The van der Waals surface area contributed by atoms with E-state index >= 15 is 0 Å². The van der Waals surface area contributed by atoms with Gasteiger partial charge in [0.1, 0.15) is 0 Å². The molecular weight excluding hydrogens is 438 g/mol. The highest BCUT2D eigenvalue weighted by Gasteiger charge is 2.36. The van der Waals surface area contributed by atoms with E-state index in [1.807, 2.05) is 42.5 Å². The van der Waals surface area contributed by atoms with Gasteiger partial charge in [0.2, 0.25) is 0 Å². The molecule has 168 valence electrons. The summed E-state index contributed by atoms with van der Waals surface area (Å²) < 4.78 is 0. The molecule has 0 aliphatic carbocycles. The highest BCUT2D eigenvalue weighted by atomic mass is 35.5. The van der Waals surface area contributed by atoms with E-state index in [2.05, 4.69) is 45.7 Å². The third-order valence-corrected chi connectivity index (χ3v) is 7.69.